The lowest BCUT2D eigenvalue weighted by Crippen LogP contribution is -2.04. The molecule has 0 aromatic heterocycles. The Labute approximate surface area is 140 Å². The van der Waals surface area contributed by atoms with E-state index in [4.69, 9.17) is 5.73 Å². The summed E-state index contributed by atoms with van der Waals surface area (Å²) >= 11 is 2.40. The molecule has 0 spiro atoms. The van der Waals surface area contributed by atoms with Gasteiger partial charge in [-0.05, 0) is 71.3 Å². The van der Waals surface area contributed by atoms with Crippen LogP contribution in [0, 0.1) is 5.92 Å². The van der Waals surface area contributed by atoms with Crippen LogP contribution in [0.2, 0.25) is 0 Å². The summed E-state index contributed by atoms with van der Waals surface area (Å²) in [6, 6.07) is 0. The molecule has 0 saturated carbocycles. The van der Waals surface area contributed by atoms with Gasteiger partial charge in [0.05, 0.1) is 0 Å². The topological polar surface area (TPSA) is 26.0 Å². The molecule has 1 nitrogen and oxygen atoms in total. The van der Waals surface area contributed by atoms with Crippen molar-refractivity contribution in [1.29, 1.82) is 0 Å². The second-order valence-electron chi connectivity index (χ2n) is 6.48. The van der Waals surface area contributed by atoms with Gasteiger partial charge in [0.25, 0.3) is 0 Å². The van der Waals surface area contributed by atoms with Crippen molar-refractivity contribution < 1.29 is 0 Å². The highest BCUT2D eigenvalue weighted by Crippen LogP contribution is 2.24. The van der Waals surface area contributed by atoms with Crippen LogP contribution in [0.4, 0.5) is 0 Å². The monoisotopic (exact) mass is 391 g/mol. The van der Waals surface area contributed by atoms with Gasteiger partial charge in [-0.25, -0.2) is 0 Å². The smallest absolute Gasteiger partial charge is 0.0340 e. The van der Waals surface area contributed by atoms with Gasteiger partial charge in [0, 0.05) is 5.70 Å². The molecule has 118 valence electrons. The quantitative estimate of drug-likeness (QED) is 0.250. The molecular weight excluding hydrogens is 357 g/mol. The van der Waals surface area contributed by atoms with Crippen molar-refractivity contribution in [2.24, 2.45) is 11.7 Å². The minimum absolute atomic E-state index is 0.862. The van der Waals surface area contributed by atoms with Crippen molar-refractivity contribution in [2.75, 3.05) is 0 Å². The van der Waals surface area contributed by atoms with Gasteiger partial charge in [-0.2, -0.15) is 0 Å². The van der Waals surface area contributed by atoms with E-state index in [1.807, 2.05) is 0 Å². The number of nitrogens with two attached hydrogens (primary N) is 1. The molecule has 0 aromatic carbocycles. The van der Waals surface area contributed by atoms with E-state index in [0.717, 1.165) is 18.0 Å². The van der Waals surface area contributed by atoms with Crippen molar-refractivity contribution in [3.63, 3.8) is 0 Å². The maximum atomic E-state index is 6.19. The van der Waals surface area contributed by atoms with Gasteiger partial charge in [0.15, 0.2) is 0 Å². The SMILES string of the molecule is CC(C)=C(N)/C(CCCCCCCCC(C)C)=C(\C)I. The normalized spacial score (nSPS) is 12.6. The fourth-order valence-corrected chi connectivity index (χ4v) is 2.92. The van der Waals surface area contributed by atoms with E-state index in [2.05, 4.69) is 57.2 Å². The molecule has 0 atom stereocenters. The molecule has 0 aromatic rings. The molecule has 0 aliphatic rings. The maximum Gasteiger partial charge on any atom is 0.0340 e. The summed E-state index contributed by atoms with van der Waals surface area (Å²) in [6.45, 7) is 11.0. The van der Waals surface area contributed by atoms with Crippen LogP contribution >= 0.6 is 22.6 Å². The molecule has 0 fully saturated rings. The molecule has 0 rings (SSSR count). The third-order valence-electron chi connectivity index (χ3n) is 3.74. The van der Waals surface area contributed by atoms with E-state index in [1.54, 1.807) is 0 Å². The highest BCUT2D eigenvalue weighted by atomic mass is 127. The first-order valence-electron chi connectivity index (χ1n) is 8.14. The van der Waals surface area contributed by atoms with Crippen LogP contribution in [0.25, 0.3) is 0 Å². The zero-order chi connectivity index (χ0) is 15.5. The van der Waals surface area contributed by atoms with E-state index in [9.17, 15) is 0 Å². The lowest BCUT2D eigenvalue weighted by atomic mass is 10.00. The third kappa shape index (κ3) is 9.84. The number of allylic oxidation sites excluding steroid dienone is 3. The number of unbranched alkanes of at least 4 members (excludes halogenated alkanes) is 5. The van der Waals surface area contributed by atoms with Gasteiger partial charge in [-0.15, -0.1) is 0 Å². The first-order valence-corrected chi connectivity index (χ1v) is 9.22. The lowest BCUT2D eigenvalue weighted by Gasteiger charge is -2.11. The molecule has 0 aliphatic heterocycles. The Kier molecular flexibility index (Phi) is 11.7. The fourth-order valence-electron chi connectivity index (χ4n) is 2.36. The fraction of sp³-hybridized carbons (Fsp3) is 0.778. The molecule has 2 N–H and O–H groups in total. The molecule has 0 aliphatic carbocycles. The van der Waals surface area contributed by atoms with Crippen molar-refractivity contribution in [1.82, 2.24) is 0 Å². The van der Waals surface area contributed by atoms with E-state index >= 15 is 0 Å². The molecule has 0 saturated heterocycles. The van der Waals surface area contributed by atoms with Crippen LogP contribution in [-0.2, 0) is 0 Å². The average molecular weight is 391 g/mol. The van der Waals surface area contributed by atoms with Crippen molar-refractivity contribution in [2.45, 2.75) is 86.0 Å². The summed E-state index contributed by atoms with van der Waals surface area (Å²) < 4.78 is 1.35. The zero-order valence-electron chi connectivity index (χ0n) is 14.2. The van der Waals surface area contributed by atoms with Crippen LogP contribution < -0.4 is 5.73 Å². The minimum atomic E-state index is 0.862. The predicted octanol–water partition coefficient (Wildman–Crippen LogP) is 6.72. The average Bonchev–Trinajstić information content (AvgIpc) is 2.35. The molecular formula is C18H34IN. The Morgan fingerprint density at radius 1 is 0.900 bits per heavy atom. The van der Waals surface area contributed by atoms with Crippen LogP contribution in [0.1, 0.15) is 86.0 Å². The Bertz CT molecular complexity index is 318. The van der Waals surface area contributed by atoms with Crippen LogP contribution in [0.5, 0.6) is 0 Å². The summed E-state index contributed by atoms with van der Waals surface area (Å²) in [5, 5.41) is 0. The van der Waals surface area contributed by atoms with Crippen LogP contribution in [0.3, 0.4) is 0 Å². The van der Waals surface area contributed by atoms with Gasteiger partial charge in [-0.3, -0.25) is 0 Å². The summed E-state index contributed by atoms with van der Waals surface area (Å²) in [6.07, 6.45) is 10.7. The Morgan fingerprint density at radius 2 is 1.40 bits per heavy atom. The lowest BCUT2D eigenvalue weighted by molar-refractivity contribution is 0.511. The summed E-state index contributed by atoms with van der Waals surface area (Å²) in [4.78, 5) is 0. The maximum absolute atomic E-state index is 6.19. The Balaban J connectivity index is 3.83. The minimum Gasteiger partial charge on any atom is -0.399 e. The first kappa shape index (κ1) is 20.0. The third-order valence-corrected chi connectivity index (χ3v) is 4.39. The number of halogens is 1. The zero-order valence-corrected chi connectivity index (χ0v) is 16.3. The first-order chi connectivity index (χ1) is 9.36. The van der Waals surface area contributed by atoms with Crippen molar-refractivity contribution in [3.05, 3.63) is 20.4 Å². The van der Waals surface area contributed by atoms with Crippen LogP contribution in [0.15, 0.2) is 20.4 Å². The van der Waals surface area contributed by atoms with E-state index in [-0.39, 0.29) is 0 Å². The number of hydrogen-bond donors (Lipinski definition) is 1. The van der Waals surface area contributed by atoms with Gasteiger partial charge in [-0.1, -0.05) is 57.9 Å². The standard InChI is InChI=1S/C18H34IN/c1-14(2)12-10-8-6-7-9-11-13-17(16(5)19)18(20)15(3)4/h14H,6-13,20H2,1-5H3/b17-16+. The predicted molar refractivity (Wildman–Crippen MR) is 101 cm³/mol. The summed E-state index contributed by atoms with van der Waals surface area (Å²) in [7, 11) is 0. The molecule has 2 heteroatoms. The highest BCUT2D eigenvalue weighted by molar-refractivity contribution is 14.1. The molecule has 0 bridgehead atoms. The molecule has 0 heterocycles. The van der Waals surface area contributed by atoms with Gasteiger partial charge in [0.2, 0.25) is 0 Å². The van der Waals surface area contributed by atoms with Gasteiger partial charge in [0.1, 0.15) is 0 Å². The van der Waals surface area contributed by atoms with Gasteiger partial charge >= 0.3 is 0 Å². The Morgan fingerprint density at radius 3 is 1.85 bits per heavy atom. The van der Waals surface area contributed by atoms with Crippen LogP contribution in [-0.4, -0.2) is 0 Å². The summed E-state index contributed by atoms with van der Waals surface area (Å²) in [5.41, 5.74) is 9.80. The molecule has 20 heavy (non-hydrogen) atoms. The Hall–Kier alpha value is 0.01000. The second kappa shape index (κ2) is 11.6. The van der Waals surface area contributed by atoms with E-state index < -0.39 is 0 Å². The molecule has 0 amide bonds. The largest absolute Gasteiger partial charge is 0.399 e. The number of hydrogen-bond acceptors (Lipinski definition) is 1. The number of rotatable bonds is 10. The summed E-state index contributed by atoms with van der Waals surface area (Å²) in [5.74, 6) is 0.862. The van der Waals surface area contributed by atoms with Crippen molar-refractivity contribution in [3.8, 4) is 0 Å². The highest BCUT2D eigenvalue weighted by Gasteiger charge is 2.06. The second-order valence-corrected chi connectivity index (χ2v) is 8.10. The van der Waals surface area contributed by atoms with E-state index in [1.165, 1.54) is 59.7 Å². The van der Waals surface area contributed by atoms with Gasteiger partial charge < -0.3 is 5.73 Å². The van der Waals surface area contributed by atoms with Crippen molar-refractivity contribution >= 4 is 22.6 Å². The molecule has 0 unspecified atom stereocenters. The van der Waals surface area contributed by atoms with E-state index in [0.29, 0.717) is 0 Å². The molecule has 0 radical (unpaired) electrons.